The Morgan fingerprint density at radius 1 is 1.11 bits per heavy atom. The maximum Gasteiger partial charge on any atom is 0.306 e. The van der Waals surface area contributed by atoms with E-state index in [0.717, 1.165) is 28.0 Å². The molecule has 1 aliphatic heterocycles. The summed E-state index contributed by atoms with van der Waals surface area (Å²) in [4.78, 5) is 31.5. The van der Waals surface area contributed by atoms with E-state index < -0.39 is 0 Å². The molecule has 1 aromatic heterocycles. The zero-order chi connectivity index (χ0) is 18.8. The average molecular weight is 377 g/mol. The summed E-state index contributed by atoms with van der Waals surface area (Å²) >= 11 is 1.03. The second-order valence-electron chi connectivity index (χ2n) is 5.83. The van der Waals surface area contributed by atoms with E-state index >= 15 is 0 Å². The normalized spacial score (nSPS) is 14.3. The van der Waals surface area contributed by atoms with Gasteiger partial charge in [0.2, 0.25) is 0 Å². The maximum atomic E-state index is 12.3. The number of ether oxygens (including phenoxy) is 1. The first kappa shape index (κ1) is 17.0. The SMILES string of the molecule is COc1ccc(Nc2[nH]c(=O)sc2C=C2C=c3ccccc3=NC2=O)cc1. The summed E-state index contributed by atoms with van der Waals surface area (Å²) in [6.45, 7) is 0. The molecular weight excluding hydrogens is 362 g/mol. The van der Waals surface area contributed by atoms with Gasteiger partial charge >= 0.3 is 4.87 Å². The van der Waals surface area contributed by atoms with E-state index in [-0.39, 0.29) is 10.8 Å². The number of anilines is 2. The minimum Gasteiger partial charge on any atom is -0.497 e. The fourth-order valence-corrected chi connectivity index (χ4v) is 3.46. The van der Waals surface area contributed by atoms with Gasteiger partial charge in [0.05, 0.1) is 17.3 Å². The van der Waals surface area contributed by atoms with E-state index in [4.69, 9.17) is 4.74 Å². The second kappa shape index (κ2) is 7.05. The molecule has 6 nitrogen and oxygen atoms in total. The second-order valence-corrected chi connectivity index (χ2v) is 6.84. The van der Waals surface area contributed by atoms with Crippen LogP contribution in [0, 0.1) is 0 Å². The molecule has 3 aromatic rings. The van der Waals surface area contributed by atoms with Crippen LogP contribution in [-0.4, -0.2) is 18.0 Å². The summed E-state index contributed by atoms with van der Waals surface area (Å²) in [7, 11) is 1.60. The van der Waals surface area contributed by atoms with Gasteiger partial charge in [-0.2, -0.15) is 0 Å². The summed E-state index contributed by atoms with van der Waals surface area (Å²) in [5, 5.41) is 4.69. The van der Waals surface area contributed by atoms with Gasteiger partial charge in [0.25, 0.3) is 5.91 Å². The Balaban J connectivity index is 1.71. The number of methoxy groups -OCH3 is 1. The first-order valence-corrected chi connectivity index (χ1v) is 9.00. The molecule has 134 valence electrons. The molecule has 0 fully saturated rings. The standard InChI is InChI=1S/C20H15N3O3S/c1-26-15-8-6-14(7-9-15)21-18-17(27-20(25)23-18)11-13-10-12-4-2-3-5-16(12)22-19(13)24/h2-11,21H,1H3,(H,23,25). The number of rotatable bonds is 4. The highest BCUT2D eigenvalue weighted by Gasteiger charge is 2.13. The van der Waals surface area contributed by atoms with Crippen LogP contribution in [0.15, 0.2) is 63.9 Å². The molecule has 0 saturated carbocycles. The molecule has 7 heteroatoms. The first-order valence-electron chi connectivity index (χ1n) is 8.18. The molecule has 27 heavy (non-hydrogen) atoms. The number of nitrogens with zero attached hydrogens (tertiary/aromatic N) is 1. The van der Waals surface area contributed by atoms with Crippen molar-refractivity contribution in [2.45, 2.75) is 0 Å². The number of aromatic nitrogens is 1. The van der Waals surface area contributed by atoms with Crippen molar-refractivity contribution in [1.29, 1.82) is 0 Å². The van der Waals surface area contributed by atoms with E-state index in [1.54, 1.807) is 25.3 Å². The van der Waals surface area contributed by atoms with Crippen LogP contribution in [-0.2, 0) is 4.79 Å². The highest BCUT2D eigenvalue weighted by Crippen LogP contribution is 2.25. The van der Waals surface area contributed by atoms with Crippen molar-refractivity contribution >= 4 is 40.9 Å². The molecule has 2 N–H and O–H groups in total. The molecule has 0 bridgehead atoms. The molecule has 0 radical (unpaired) electrons. The average Bonchev–Trinajstić information content (AvgIpc) is 3.02. The lowest BCUT2D eigenvalue weighted by Gasteiger charge is -2.07. The van der Waals surface area contributed by atoms with Crippen LogP contribution >= 0.6 is 11.3 Å². The third-order valence-corrected chi connectivity index (χ3v) is 4.87. The molecule has 1 aliphatic rings. The number of thiazole rings is 1. The Kier molecular flexibility index (Phi) is 4.43. The van der Waals surface area contributed by atoms with Gasteiger partial charge in [0.1, 0.15) is 11.6 Å². The fourth-order valence-electron chi connectivity index (χ4n) is 2.71. The Bertz CT molecular complexity index is 1220. The van der Waals surface area contributed by atoms with Crippen molar-refractivity contribution in [2.24, 2.45) is 4.99 Å². The van der Waals surface area contributed by atoms with Gasteiger partial charge in [0, 0.05) is 16.5 Å². The van der Waals surface area contributed by atoms with E-state index in [0.29, 0.717) is 21.6 Å². The highest BCUT2D eigenvalue weighted by atomic mass is 32.1. The summed E-state index contributed by atoms with van der Waals surface area (Å²) in [5.74, 6) is 0.942. The molecule has 0 unspecified atom stereocenters. The lowest BCUT2D eigenvalue weighted by molar-refractivity contribution is -0.114. The number of fused-ring (bicyclic) bond motifs is 1. The highest BCUT2D eigenvalue weighted by molar-refractivity contribution is 7.10. The molecule has 0 atom stereocenters. The van der Waals surface area contributed by atoms with Crippen molar-refractivity contribution in [3.63, 3.8) is 0 Å². The van der Waals surface area contributed by atoms with Crippen molar-refractivity contribution in [3.8, 4) is 5.75 Å². The van der Waals surface area contributed by atoms with Gasteiger partial charge in [-0.05, 0) is 42.5 Å². The predicted octanol–water partition coefficient (Wildman–Crippen LogP) is 2.21. The number of benzene rings is 2. The topological polar surface area (TPSA) is 83.5 Å². The van der Waals surface area contributed by atoms with Crippen LogP contribution in [0.4, 0.5) is 11.5 Å². The molecule has 0 aliphatic carbocycles. The Morgan fingerprint density at radius 3 is 2.67 bits per heavy atom. The van der Waals surface area contributed by atoms with Gasteiger partial charge in [0.15, 0.2) is 0 Å². The van der Waals surface area contributed by atoms with Gasteiger partial charge in [-0.3, -0.25) is 14.6 Å². The number of H-pyrrole nitrogens is 1. The van der Waals surface area contributed by atoms with Crippen molar-refractivity contribution in [1.82, 2.24) is 4.98 Å². The van der Waals surface area contributed by atoms with Crippen molar-refractivity contribution in [2.75, 3.05) is 12.4 Å². The third-order valence-electron chi connectivity index (χ3n) is 4.04. The summed E-state index contributed by atoms with van der Waals surface area (Å²) in [6, 6.07) is 14.8. The number of nitrogens with one attached hydrogen (secondary N) is 2. The van der Waals surface area contributed by atoms with Crippen LogP contribution < -0.4 is 25.5 Å². The molecule has 2 aromatic carbocycles. The van der Waals surface area contributed by atoms with E-state index in [1.165, 1.54) is 0 Å². The smallest absolute Gasteiger partial charge is 0.306 e. The minimum absolute atomic E-state index is 0.210. The molecule has 4 rings (SSSR count). The van der Waals surface area contributed by atoms with Crippen LogP contribution in [0.25, 0.3) is 12.2 Å². The number of carbonyl (C=O) groups excluding carboxylic acids is 1. The zero-order valence-electron chi connectivity index (χ0n) is 14.4. The van der Waals surface area contributed by atoms with E-state index in [9.17, 15) is 9.59 Å². The fraction of sp³-hybridized carbons (Fsp3) is 0.0500. The first-order chi connectivity index (χ1) is 13.1. The van der Waals surface area contributed by atoms with E-state index in [2.05, 4.69) is 15.3 Å². The predicted molar refractivity (Wildman–Crippen MR) is 106 cm³/mol. The summed E-state index contributed by atoms with van der Waals surface area (Å²) < 4.78 is 5.14. The largest absolute Gasteiger partial charge is 0.497 e. The molecule has 2 heterocycles. The zero-order valence-corrected chi connectivity index (χ0v) is 15.2. The Labute approximate surface area is 158 Å². The van der Waals surface area contributed by atoms with Crippen LogP contribution in [0.1, 0.15) is 4.88 Å². The van der Waals surface area contributed by atoms with Crippen LogP contribution in [0.2, 0.25) is 0 Å². The lowest BCUT2D eigenvalue weighted by Crippen LogP contribution is -2.29. The van der Waals surface area contributed by atoms with Gasteiger partial charge < -0.3 is 10.1 Å². The number of carbonyl (C=O) groups is 1. The summed E-state index contributed by atoms with van der Waals surface area (Å²) in [6.07, 6.45) is 3.46. The van der Waals surface area contributed by atoms with Crippen LogP contribution in [0.3, 0.4) is 0 Å². The number of aromatic amines is 1. The van der Waals surface area contributed by atoms with Gasteiger partial charge in [-0.15, -0.1) is 0 Å². The number of hydrogen-bond donors (Lipinski definition) is 2. The Hall–Kier alpha value is -3.45. The Morgan fingerprint density at radius 2 is 1.89 bits per heavy atom. The summed E-state index contributed by atoms with van der Waals surface area (Å²) in [5.41, 5.74) is 1.22. The van der Waals surface area contributed by atoms with Crippen LogP contribution in [0.5, 0.6) is 5.75 Å². The number of hydrogen-bond acceptors (Lipinski definition) is 5. The quantitative estimate of drug-likeness (QED) is 0.683. The lowest BCUT2D eigenvalue weighted by atomic mass is 10.1. The third kappa shape index (κ3) is 3.58. The molecule has 0 saturated heterocycles. The van der Waals surface area contributed by atoms with Crippen molar-refractivity contribution < 1.29 is 9.53 Å². The molecular formula is C20H15N3O3S. The maximum absolute atomic E-state index is 12.3. The van der Waals surface area contributed by atoms with E-state index in [1.807, 2.05) is 42.5 Å². The molecule has 1 amide bonds. The number of para-hydroxylation sites is 1. The molecule has 0 spiro atoms. The van der Waals surface area contributed by atoms with Crippen molar-refractivity contribution in [3.05, 3.63) is 79.2 Å². The van der Waals surface area contributed by atoms with Gasteiger partial charge in [-0.25, -0.2) is 4.99 Å². The number of amides is 1. The monoisotopic (exact) mass is 377 g/mol. The van der Waals surface area contributed by atoms with Gasteiger partial charge in [-0.1, -0.05) is 29.5 Å². The minimum atomic E-state index is -0.329.